The summed E-state index contributed by atoms with van der Waals surface area (Å²) in [5.74, 6) is -2.11. The van der Waals surface area contributed by atoms with E-state index >= 15 is 0 Å². The van der Waals surface area contributed by atoms with Gasteiger partial charge in [-0.1, -0.05) is 24.3 Å². The van der Waals surface area contributed by atoms with Gasteiger partial charge in [-0.2, -0.15) is 0 Å². The Labute approximate surface area is 137 Å². The summed E-state index contributed by atoms with van der Waals surface area (Å²) in [6.45, 7) is 1.47. The highest BCUT2D eigenvalue weighted by Crippen LogP contribution is 2.23. The lowest BCUT2D eigenvalue weighted by Crippen LogP contribution is -2.29. The zero-order valence-corrected chi connectivity index (χ0v) is 12.9. The van der Waals surface area contributed by atoms with E-state index < -0.39 is 29.2 Å². The number of hydrogen-bond donors (Lipinski definition) is 3. The Kier molecular flexibility index (Phi) is 4.31. The Morgan fingerprint density at radius 3 is 2.54 bits per heavy atom. The van der Waals surface area contributed by atoms with Crippen molar-refractivity contribution in [1.82, 2.24) is 10.3 Å². The third kappa shape index (κ3) is 2.88. The average Bonchev–Trinajstić information content (AvgIpc) is 2.88. The number of carbonyl (C=O) groups is 1. The van der Waals surface area contributed by atoms with Crippen LogP contribution >= 0.6 is 0 Å². The van der Waals surface area contributed by atoms with Crippen molar-refractivity contribution in [2.24, 2.45) is 0 Å². The number of aromatic amines is 1. The summed E-state index contributed by atoms with van der Waals surface area (Å²) in [7, 11) is 0. The van der Waals surface area contributed by atoms with Crippen LogP contribution in [0, 0.1) is 18.6 Å². The third-order valence-electron chi connectivity index (χ3n) is 3.91. The third-order valence-corrected chi connectivity index (χ3v) is 3.91. The molecule has 1 heterocycles. The molecule has 6 heteroatoms. The Hall–Kier alpha value is -2.73. The molecule has 0 fully saturated rings. The lowest BCUT2D eigenvalue weighted by atomic mass is 10.1. The van der Waals surface area contributed by atoms with Crippen LogP contribution in [-0.4, -0.2) is 22.5 Å². The quantitative estimate of drug-likeness (QED) is 0.688. The normalized spacial score (nSPS) is 12.3. The van der Waals surface area contributed by atoms with Gasteiger partial charge in [-0.3, -0.25) is 4.79 Å². The zero-order chi connectivity index (χ0) is 17.3. The highest BCUT2D eigenvalue weighted by Gasteiger charge is 2.20. The standard InChI is InChI=1S/C18H16F2N2O2/c1-10-16(11-5-2-3-8-14(11)22-10)18(24)21-9-15(23)17-12(19)6-4-7-13(17)20/h2-8,15,22-23H,9H2,1H3,(H,21,24). The van der Waals surface area contributed by atoms with E-state index in [9.17, 15) is 18.7 Å². The van der Waals surface area contributed by atoms with Crippen molar-refractivity contribution in [3.63, 3.8) is 0 Å². The van der Waals surface area contributed by atoms with Gasteiger partial charge < -0.3 is 15.4 Å². The van der Waals surface area contributed by atoms with Crippen LogP contribution in [0.25, 0.3) is 10.9 Å². The summed E-state index contributed by atoms with van der Waals surface area (Å²) < 4.78 is 27.3. The Bertz CT molecular complexity index is 885. The number of amides is 1. The molecule has 2 aromatic carbocycles. The average molecular weight is 330 g/mol. The van der Waals surface area contributed by atoms with Gasteiger partial charge in [0.1, 0.15) is 17.7 Å². The predicted octanol–water partition coefficient (Wildman–Crippen LogP) is 3.22. The Balaban J connectivity index is 1.79. The molecular weight excluding hydrogens is 314 g/mol. The molecule has 1 unspecified atom stereocenters. The zero-order valence-electron chi connectivity index (χ0n) is 12.9. The fraction of sp³-hybridized carbons (Fsp3) is 0.167. The molecule has 3 aromatic rings. The van der Waals surface area contributed by atoms with Crippen LogP contribution in [0.4, 0.5) is 8.78 Å². The topological polar surface area (TPSA) is 65.1 Å². The van der Waals surface area contributed by atoms with E-state index in [1.54, 1.807) is 13.0 Å². The molecule has 3 rings (SSSR count). The molecule has 0 saturated carbocycles. The van der Waals surface area contributed by atoms with Crippen molar-refractivity contribution in [1.29, 1.82) is 0 Å². The molecule has 0 aliphatic carbocycles. The second-order valence-corrected chi connectivity index (χ2v) is 5.53. The van der Waals surface area contributed by atoms with Gasteiger partial charge in [0.2, 0.25) is 0 Å². The number of aromatic nitrogens is 1. The van der Waals surface area contributed by atoms with E-state index in [-0.39, 0.29) is 6.54 Å². The molecule has 3 N–H and O–H groups in total. The molecule has 0 saturated heterocycles. The van der Waals surface area contributed by atoms with Crippen molar-refractivity contribution in [3.8, 4) is 0 Å². The van der Waals surface area contributed by atoms with Gasteiger partial charge in [-0.25, -0.2) is 8.78 Å². The number of aliphatic hydroxyl groups is 1. The molecule has 1 aromatic heterocycles. The molecule has 1 amide bonds. The van der Waals surface area contributed by atoms with Gasteiger partial charge in [-0.15, -0.1) is 0 Å². The fourth-order valence-electron chi connectivity index (χ4n) is 2.78. The molecule has 124 valence electrons. The number of H-pyrrole nitrogens is 1. The van der Waals surface area contributed by atoms with Crippen LogP contribution in [0.3, 0.4) is 0 Å². The molecule has 0 spiro atoms. The molecule has 0 bridgehead atoms. The summed E-state index contributed by atoms with van der Waals surface area (Å²) in [5, 5.41) is 13.3. The van der Waals surface area contributed by atoms with Crippen molar-refractivity contribution < 1.29 is 18.7 Å². The van der Waals surface area contributed by atoms with Gasteiger partial charge in [0.05, 0.1) is 11.1 Å². The minimum Gasteiger partial charge on any atom is -0.386 e. The number of hydrogen-bond acceptors (Lipinski definition) is 2. The number of aryl methyl sites for hydroxylation is 1. The van der Waals surface area contributed by atoms with Crippen LogP contribution < -0.4 is 5.32 Å². The van der Waals surface area contributed by atoms with Crippen LogP contribution in [0.15, 0.2) is 42.5 Å². The maximum Gasteiger partial charge on any atom is 0.253 e. The minimum atomic E-state index is -1.47. The van der Waals surface area contributed by atoms with Gasteiger partial charge in [0.15, 0.2) is 0 Å². The number of nitrogens with one attached hydrogen (secondary N) is 2. The Morgan fingerprint density at radius 1 is 1.17 bits per heavy atom. The first-order valence-electron chi connectivity index (χ1n) is 7.46. The van der Waals surface area contributed by atoms with Gasteiger partial charge in [-0.05, 0) is 25.1 Å². The van der Waals surface area contributed by atoms with Crippen LogP contribution in [0.1, 0.15) is 27.7 Å². The summed E-state index contributed by atoms with van der Waals surface area (Å²) in [4.78, 5) is 15.5. The fourth-order valence-corrected chi connectivity index (χ4v) is 2.78. The Morgan fingerprint density at radius 2 is 1.83 bits per heavy atom. The number of rotatable bonds is 4. The SMILES string of the molecule is Cc1[nH]c2ccccc2c1C(=O)NCC(O)c1c(F)cccc1F. The number of benzene rings is 2. The maximum atomic E-state index is 13.7. The molecular formula is C18H16F2N2O2. The number of halogens is 2. The van der Waals surface area contributed by atoms with Crippen molar-refractivity contribution in [2.75, 3.05) is 6.54 Å². The van der Waals surface area contributed by atoms with E-state index in [4.69, 9.17) is 0 Å². The number of carbonyl (C=O) groups excluding carboxylic acids is 1. The first kappa shape index (κ1) is 16.1. The van der Waals surface area contributed by atoms with E-state index in [0.717, 1.165) is 23.0 Å². The number of fused-ring (bicyclic) bond motifs is 1. The maximum absolute atomic E-state index is 13.7. The van der Waals surface area contributed by atoms with Crippen molar-refractivity contribution in [3.05, 3.63) is 70.9 Å². The first-order chi connectivity index (χ1) is 11.5. The smallest absolute Gasteiger partial charge is 0.253 e. The largest absolute Gasteiger partial charge is 0.386 e. The van der Waals surface area contributed by atoms with Crippen molar-refractivity contribution >= 4 is 16.8 Å². The van der Waals surface area contributed by atoms with Gasteiger partial charge in [0.25, 0.3) is 5.91 Å². The molecule has 1 atom stereocenters. The van der Waals surface area contributed by atoms with Crippen molar-refractivity contribution in [2.45, 2.75) is 13.0 Å². The molecule has 24 heavy (non-hydrogen) atoms. The molecule has 0 aliphatic rings. The number of aliphatic hydroxyl groups excluding tert-OH is 1. The van der Waals surface area contributed by atoms with E-state index in [0.29, 0.717) is 11.3 Å². The van der Waals surface area contributed by atoms with E-state index in [1.165, 1.54) is 6.07 Å². The summed E-state index contributed by atoms with van der Waals surface area (Å²) in [6, 6.07) is 10.7. The summed E-state index contributed by atoms with van der Waals surface area (Å²) in [5.41, 5.74) is 1.50. The minimum absolute atomic E-state index is 0.296. The summed E-state index contributed by atoms with van der Waals surface area (Å²) in [6.07, 6.45) is -1.47. The highest BCUT2D eigenvalue weighted by molar-refractivity contribution is 6.08. The van der Waals surface area contributed by atoms with Crippen LogP contribution in [-0.2, 0) is 0 Å². The second-order valence-electron chi connectivity index (χ2n) is 5.53. The monoisotopic (exact) mass is 330 g/mol. The van der Waals surface area contributed by atoms with Gasteiger partial charge >= 0.3 is 0 Å². The summed E-state index contributed by atoms with van der Waals surface area (Å²) >= 11 is 0. The molecule has 0 aliphatic heterocycles. The molecule has 0 radical (unpaired) electrons. The lowest BCUT2D eigenvalue weighted by Gasteiger charge is -2.14. The lowest BCUT2D eigenvalue weighted by molar-refractivity contribution is 0.0912. The predicted molar refractivity (Wildman–Crippen MR) is 86.7 cm³/mol. The second kappa shape index (κ2) is 6.41. The van der Waals surface area contributed by atoms with E-state index in [1.807, 2.05) is 18.2 Å². The van der Waals surface area contributed by atoms with Gasteiger partial charge in [0, 0.05) is 23.1 Å². The highest BCUT2D eigenvalue weighted by atomic mass is 19.1. The van der Waals surface area contributed by atoms with E-state index in [2.05, 4.69) is 10.3 Å². The van der Waals surface area contributed by atoms with Crippen LogP contribution in [0.5, 0.6) is 0 Å². The number of para-hydroxylation sites is 1. The molecule has 4 nitrogen and oxygen atoms in total. The first-order valence-corrected chi connectivity index (χ1v) is 7.46. The van der Waals surface area contributed by atoms with Crippen LogP contribution in [0.2, 0.25) is 0 Å².